The van der Waals surface area contributed by atoms with Crippen LogP contribution in [0.3, 0.4) is 0 Å². The van der Waals surface area contributed by atoms with Gasteiger partial charge in [-0.3, -0.25) is 0 Å². The van der Waals surface area contributed by atoms with E-state index in [4.69, 9.17) is 18.9 Å². The molecule has 5 atom stereocenters. The molecule has 0 spiro atoms. The third-order valence-corrected chi connectivity index (χ3v) is 12.7. The van der Waals surface area contributed by atoms with E-state index in [9.17, 15) is 19.2 Å². The predicted octanol–water partition coefficient (Wildman–Crippen LogP) is 10.1. The summed E-state index contributed by atoms with van der Waals surface area (Å²) < 4.78 is 26.6. The normalized spacial score (nSPS) is 18.1. The Morgan fingerprint density at radius 1 is 0.561 bits per heavy atom. The molecule has 1 heterocycles. The van der Waals surface area contributed by atoms with Crippen molar-refractivity contribution in [1.82, 2.24) is 4.31 Å². The first kappa shape index (κ1) is 43.5. The van der Waals surface area contributed by atoms with Crippen molar-refractivity contribution >= 4 is 47.6 Å². The van der Waals surface area contributed by atoms with E-state index in [0.29, 0.717) is 22.3 Å². The fourth-order valence-corrected chi connectivity index (χ4v) is 9.80. The molecule has 0 radical (unpaired) electrons. The monoisotopic (exact) mass is 811 g/mol. The Morgan fingerprint density at radius 3 is 1.44 bits per heavy atom. The van der Waals surface area contributed by atoms with Crippen molar-refractivity contribution in [2.75, 3.05) is 19.7 Å². The third kappa shape index (κ3) is 13.5. The molecular formula is C46H53NO8S2. The van der Waals surface area contributed by atoms with Crippen molar-refractivity contribution in [2.45, 2.75) is 93.4 Å². The van der Waals surface area contributed by atoms with E-state index in [0.717, 1.165) is 64.5 Å². The molecule has 4 aromatic carbocycles. The Bertz CT molecular complexity index is 1800. The van der Waals surface area contributed by atoms with Crippen LogP contribution in [0, 0.1) is 0 Å². The van der Waals surface area contributed by atoms with Crippen molar-refractivity contribution in [3.05, 3.63) is 144 Å². The molecule has 0 aromatic heterocycles. The highest BCUT2D eigenvalue weighted by Gasteiger charge is 2.54. The first-order chi connectivity index (χ1) is 27.9. The van der Waals surface area contributed by atoms with Gasteiger partial charge < -0.3 is 18.9 Å². The smallest absolute Gasteiger partial charge is 0.338 e. The van der Waals surface area contributed by atoms with E-state index >= 15 is 0 Å². The van der Waals surface area contributed by atoms with Crippen LogP contribution < -0.4 is 0 Å². The van der Waals surface area contributed by atoms with Crippen molar-refractivity contribution in [3.8, 4) is 0 Å². The standard InChI is InChI=1S/C46H53NO8S2/c1-3-5-7-21-31-47(32-22-8-6-4-2)57-46-40(55-45(51)37-29-19-12-20-30-37)39(54-44(50)36-27-17-11-18-28-36)41(56-46)38(53-43(49)35-25-15-10-16-26-35)33-52-42(48)34-23-13-9-14-24-34/h9-20,23-30,38-41,46H,3-8,21-22,31-33H2,1-2H3/t38-,39-,40-,41+,46+/m1/s1. The first-order valence-corrected chi connectivity index (χ1v) is 21.7. The predicted molar refractivity (Wildman–Crippen MR) is 226 cm³/mol. The van der Waals surface area contributed by atoms with Crippen molar-refractivity contribution in [2.24, 2.45) is 0 Å². The maximum Gasteiger partial charge on any atom is 0.338 e. The average Bonchev–Trinajstić information content (AvgIpc) is 3.58. The second-order valence-corrected chi connectivity index (χ2v) is 16.7. The summed E-state index contributed by atoms with van der Waals surface area (Å²) in [6.07, 6.45) is 5.54. The molecule has 9 nitrogen and oxygen atoms in total. The summed E-state index contributed by atoms with van der Waals surface area (Å²) in [4.78, 5) is 54.8. The minimum absolute atomic E-state index is 0.307. The zero-order valence-corrected chi connectivity index (χ0v) is 34.4. The van der Waals surface area contributed by atoms with E-state index in [1.165, 1.54) is 11.8 Å². The lowest BCUT2D eigenvalue weighted by Crippen LogP contribution is -2.46. The molecule has 5 rings (SSSR count). The van der Waals surface area contributed by atoms with Crippen molar-refractivity contribution in [3.63, 3.8) is 0 Å². The lowest BCUT2D eigenvalue weighted by molar-refractivity contribution is -0.0489. The summed E-state index contributed by atoms with van der Waals surface area (Å²) in [6, 6.07) is 34.4. The van der Waals surface area contributed by atoms with Gasteiger partial charge in [-0.05, 0) is 61.4 Å². The molecule has 0 bridgehead atoms. The number of ether oxygens (including phenoxy) is 4. The Morgan fingerprint density at radius 2 is 0.982 bits per heavy atom. The Balaban J connectivity index is 1.53. The summed E-state index contributed by atoms with van der Waals surface area (Å²) in [5, 5.41) is -0.804. The number of unbranched alkanes of at least 4 members (excludes halogenated alkanes) is 6. The van der Waals surface area contributed by atoms with Crippen LogP contribution in [0.1, 0.15) is 107 Å². The fourth-order valence-electron chi connectivity index (χ4n) is 6.41. The molecular weight excluding hydrogens is 759 g/mol. The molecule has 0 unspecified atom stereocenters. The van der Waals surface area contributed by atoms with Gasteiger partial charge >= 0.3 is 23.9 Å². The van der Waals surface area contributed by atoms with Crippen LogP contribution in [0.4, 0.5) is 0 Å². The maximum absolute atomic E-state index is 13.9. The SMILES string of the molecule is CCCCCCN(CCCCCC)S[C@@H]1S[C@@H]([C@@H](COC(=O)c2ccccc2)OC(=O)c2ccccc2)[C@H](OC(=O)c2ccccc2)[C@H]1OC(=O)c1ccccc1. The van der Waals surface area contributed by atoms with Gasteiger partial charge in [0.2, 0.25) is 0 Å². The molecule has 11 heteroatoms. The number of carbonyl (C=O) groups is 4. The highest BCUT2D eigenvalue weighted by molar-refractivity contribution is 8.16. The largest absolute Gasteiger partial charge is 0.458 e. The van der Waals surface area contributed by atoms with Crippen LogP contribution in [0.2, 0.25) is 0 Å². The Kier molecular flexibility index (Phi) is 18.0. The zero-order chi connectivity index (χ0) is 40.2. The van der Waals surface area contributed by atoms with Gasteiger partial charge in [0.1, 0.15) is 11.2 Å². The highest BCUT2D eigenvalue weighted by Crippen LogP contribution is 2.47. The maximum atomic E-state index is 13.9. The van der Waals surface area contributed by atoms with Gasteiger partial charge in [-0.2, -0.15) is 0 Å². The fraction of sp³-hybridized carbons (Fsp3) is 0.391. The molecule has 4 aromatic rings. The summed E-state index contributed by atoms with van der Waals surface area (Å²) in [5.74, 6) is -2.42. The molecule has 1 saturated heterocycles. The summed E-state index contributed by atoms with van der Waals surface area (Å²) in [7, 11) is 0. The number of benzene rings is 4. The van der Waals surface area contributed by atoms with E-state index in [1.807, 2.05) is 6.07 Å². The zero-order valence-electron chi connectivity index (χ0n) is 32.7. The van der Waals surface area contributed by atoms with Crippen LogP contribution >= 0.6 is 23.7 Å². The second kappa shape index (κ2) is 23.6. The van der Waals surface area contributed by atoms with Gasteiger partial charge in [0, 0.05) is 13.1 Å². The minimum atomic E-state index is -1.10. The molecule has 1 aliphatic rings. The molecule has 302 valence electrons. The number of esters is 4. The van der Waals surface area contributed by atoms with Gasteiger partial charge in [0.05, 0.1) is 27.5 Å². The van der Waals surface area contributed by atoms with Gasteiger partial charge in [-0.25, -0.2) is 23.5 Å². The number of hydrogen-bond donors (Lipinski definition) is 0. The average molecular weight is 812 g/mol. The van der Waals surface area contributed by atoms with Gasteiger partial charge in [0.25, 0.3) is 0 Å². The molecule has 1 fully saturated rings. The third-order valence-electron chi connectivity index (χ3n) is 9.51. The van der Waals surface area contributed by atoms with Crippen LogP contribution in [0.25, 0.3) is 0 Å². The van der Waals surface area contributed by atoms with E-state index in [1.54, 1.807) is 127 Å². The molecule has 0 N–H and O–H groups in total. The number of carbonyl (C=O) groups excluding carboxylic acids is 4. The van der Waals surface area contributed by atoms with Gasteiger partial charge in [-0.15, -0.1) is 11.8 Å². The summed E-state index contributed by atoms with van der Waals surface area (Å²) in [6.45, 7) is 5.69. The molecule has 1 aliphatic heterocycles. The Labute approximate surface area is 345 Å². The minimum Gasteiger partial charge on any atom is -0.458 e. The van der Waals surface area contributed by atoms with Crippen LogP contribution in [0.15, 0.2) is 121 Å². The molecule has 57 heavy (non-hydrogen) atoms. The van der Waals surface area contributed by atoms with Crippen LogP contribution in [-0.4, -0.2) is 76.0 Å². The lowest BCUT2D eigenvalue weighted by Gasteiger charge is -2.30. The van der Waals surface area contributed by atoms with Crippen molar-refractivity contribution < 1.29 is 38.1 Å². The number of thioether (sulfide) groups is 1. The molecule has 0 saturated carbocycles. The highest BCUT2D eigenvalue weighted by atomic mass is 32.2. The van der Waals surface area contributed by atoms with Gasteiger partial charge in [-0.1, -0.05) is 137 Å². The van der Waals surface area contributed by atoms with Crippen LogP contribution in [-0.2, 0) is 18.9 Å². The summed E-state index contributed by atoms with van der Waals surface area (Å²) in [5.41, 5.74) is 1.30. The van der Waals surface area contributed by atoms with Crippen molar-refractivity contribution in [1.29, 1.82) is 0 Å². The van der Waals surface area contributed by atoms with E-state index < -0.39 is 52.0 Å². The molecule has 0 aliphatic carbocycles. The number of nitrogens with zero attached hydrogens (tertiary/aromatic N) is 1. The first-order valence-electron chi connectivity index (χ1n) is 19.9. The van der Waals surface area contributed by atoms with Crippen LogP contribution in [0.5, 0.6) is 0 Å². The van der Waals surface area contributed by atoms with E-state index in [2.05, 4.69) is 18.2 Å². The quantitative estimate of drug-likeness (QED) is 0.0328. The Hall–Kier alpha value is -4.58. The lowest BCUT2D eigenvalue weighted by atomic mass is 10.1. The summed E-state index contributed by atoms with van der Waals surface area (Å²) >= 11 is 2.99. The van der Waals surface area contributed by atoms with Gasteiger partial charge in [0.15, 0.2) is 18.3 Å². The van der Waals surface area contributed by atoms with E-state index in [-0.39, 0.29) is 6.61 Å². The number of rotatable bonds is 22. The number of hydrogen-bond acceptors (Lipinski definition) is 11. The topological polar surface area (TPSA) is 108 Å². The second-order valence-electron chi connectivity index (χ2n) is 13.9. The molecule has 0 amide bonds.